The van der Waals surface area contributed by atoms with Gasteiger partial charge in [-0.25, -0.2) is 9.18 Å². The molecule has 2 rings (SSSR count). The van der Waals surface area contributed by atoms with Gasteiger partial charge in [-0.15, -0.1) is 0 Å². The molecule has 0 aliphatic heterocycles. The van der Waals surface area contributed by atoms with Gasteiger partial charge in [0.05, 0.1) is 12.2 Å². The van der Waals surface area contributed by atoms with Gasteiger partial charge in [0.15, 0.2) is 6.10 Å². The largest absolute Gasteiger partial charge is 0.494 e. The Morgan fingerprint density at radius 3 is 2.52 bits per heavy atom. The topological polar surface area (TPSA) is 64.6 Å². The molecule has 0 heterocycles. The highest BCUT2D eigenvalue weighted by atomic mass is 79.9. The van der Waals surface area contributed by atoms with Crippen molar-refractivity contribution in [3.8, 4) is 5.75 Å². The summed E-state index contributed by atoms with van der Waals surface area (Å²) in [6.07, 6.45) is -1.05. The number of halogens is 2. The minimum Gasteiger partial charge on any atom is -0.494 e. The lowest BCUT2D eigenvalue weighted by Gasteiger charge is -2.14. The van der Waals surface area contributed by atoms with Gasteiger partial charge in [0.25, 0.3) is 5.91 Å². The van der Waals surface area contributed by atoms with Crippen LogP contribution in [0, 0.1) is 5.82 Å². The standard InChI is InChI=1S/C18H17BrFNO4/c1-3-24-14-7-5-13(6-8-14)21-17(22)11(2)25-18(23)15-10-12(20)4-9-16(15)19/h4-11H,3H2,1-2H3,(H,21,22)/t11-/m1/s1. The maximum atomic E-state index is 13.3. The van der Waals surface area contributed by atoms with Crippen LogP contribution in [-0.2, 0) is 9.53 Å². The third-order valence-electron chi connectivity index (χ3n) is 3.23. The van der Waals surface area contributed by atoms with Crippen LogP contribution in [0.1, 0.15) is 24.2 Å². The smallest absolute Gasteiger partial charge is 0.340 e. The molecule has 132 valence electrons. The van der Waals surface area contributed by atoms with Crippen molar-refractivity contribution in [2.24, 2.45) is 0 Å². The molecule has 0 unspecified atom stereocenters. The van der Waals surface area contributed by atoms with Crippen LogP contribution < -0.4 is 10.1 Å². The molecule has 0 bridgehead atoms. The summed E-state index contributed by atoms with van der Waals surface area (Å²) in [4.78, 5) is 24.2. The number of hydrogen-bond acceptors (Lipinski definition) is 4. The Morgan fingerprint density at radius 1 is 1.20 bits per heavy atom. The number of amides is 1. The third-order valence-corrected chi connectivity index (χ3v) is 3.93. The highest BCUT2D eigenvalue weighted by Gasteiger charge is 2.21. The Morgan fingerprint density at radius 2 is 1.88 bits per heavy atom. The highest BCUT2D eigenvalue weighted by Crippen LogP contribution is 2.20. The summed E-state index contributed by atoms with van der Waals surface area (Å²) in [5.74, 6) is -1.16. The molecule has 0 aliphatic rings. The monoisotopic (exact) mass is 409 g/mol. The van der Waals surface area contributed by atoms with Crippen molar-refractivity contribution in [2.45, 2.75) is 20.0 Å². The van der Waals surface area contributed by atoms with Crippen LogP contribution in [0.5, 0.6) is 5.75 Å². The van der Waals surface area contributed by atoms with E-state index in [1.165, 1.54) is 19.1 Å². The summed E-state index contributed by atoms with van der Waals surface area (Å²) in [6, 6.07) is 10.5. The first-order valence-corrected chi connectivity index (χ1v) is 8.39. The number of nitrogens with one attached hydrogen (secondary N) is 1. The number of carbonyl (C=O) groups is 2. The number of esters is 1. The van der Waals surface area contributed by atoms with Crippen LogP contribution in [0.4, 0.5) is 10.1 Å². The van der Waals surface area contributed by atoms with Gasteiger partial charge in [0.1, 0.15) is 11.6 Å². The maximum Gasteiger partial charge on any atom is 0.340 e. The zero-order valence-corrected chi connectivity index (χ0v) is 15.3. The SMILES string of the molecule is CCOc1ccc(NC(=O)[C@@H](C)OC(=O)c2cc(F)ccc2Br)cc1. The number of hydrogen-bond donors (Lipinski definition) is 1. The molecular weight excluding hydrogens is 393 g/mol. The Kier molecular flexibility index (Phi) is 6.52. The molecule has 1 N–H and O–H groups in total. The number of benzene rings is 2. The maximum absolute atomic E-state index is 13.3. The predicted molar refractivity (Wildman–Crippen MR) is 95.2 cm³/mol. The van der Waals surface area contributed by atoms with Crippen LogP contribution in [0.3, 0.4) is 0 Å². The van der Waals surface area contributed by atoms with Crippen LogP contribution in [0.15, 0.2) is 46.9 Å². The number of rotatable bonds is 6. The molecule has 0 fully saturated rings. The van der Waals surface area contributed by atoms with Gasteiger partial charge in [-0.3, -0.25) is 4.79 Å². The quantitative estimate of drug-likeness (QED) is 0.727. The first kappa shape index (κ1) is 18.9. The number of carbonyl (C=O) groups excluding carboxylic acids is 2. The Bertz CT molecular complexity index is 764. The molecule has 0 saturated carbocycles. The van der Waals surface area contributed by atoms with E-state index in [4.69, 9.17) is 9.47 Å². The third kappa shape index (κ3) is 5.29. The molecule has 25 heavy (non-hydrogen) atoms. The van der Waals surface area contributed by atoms with Crippen molar-refractivity contribution >= 4 is 33.5 Å². The van der Waals surface area contributed by atoms with Crippen molar-refractivity contribution in [3.63, 3.8) is 0 Å². The van der Waals surface area contributed by atoms with Gasteiger partial charge in [-0.1, -0.05) is 0 Å². The van der Waals surface area contributed by atoms with Gasteiger partial charge in [0, 0.05) is 10.2 Å². The second-order valence-electron chi connectivity index (χ2n) is 5.12. The van der Waals surface area contributed by atoms with Crippen molar-refractivity contribution in [3.05, 3.63) is 58.3 Å². The Hall–Kier alpha value is -2.41. The average molecular weight is 410 g/mol. The molecule has 7 heteroatoms. The lowest BCUT2D eigenvalue weighted by Crippen LogP contribution is -2.30. The first-order chi connectivity index (χ1) is 11.9. The summed E-state index contributed by atoms with van der Waals surface area (Å²) in [7, 11) is 0. The van der Waals surface area contributed by atoms with E-state index in [1.807, 2.05) is 6.92 Å². The van der Waals surface area contributed by atoms with E-state index in [-0.39, 0.29) is 5.56 Å². The van der Waals surface area contributed by atoms with E-state index in [0.29, 0.717) is 22.5 Å². The molecule has 0 aliphatic carbocycles. The van der Waals surface area contributed by atoms with Gasteiger partial charge in [-0.05, 0) is 72.2 Å². The molecule has 2 aromatic carbocycles. The molecule has 0 spiro atoms. The highest BCUT2D eigenvalue weighted by molar-refractivity contribution is 9.10. The first-order valence-electron chi connectivity index (χ1n) is 7.60. The summed E-state index contributed by atoms with van der Waals surface area (Å²) in [5.41, 5.74) is 0.559. The van der Waals surface area contributed by atoms with E-state index in [9.17, 15) is 14.0 Å². The van der Waals surface area contributed by atoms with Crippen molar-refractivity contribution in [1.29, 1.82) is 0 Å². The molecule has 0 radical (unpaired) electrons. The van der Waals surface area contributed by atoms with E-state index in [0.717, 1.165) is 6.07 Å². The lowest BCUT2D eigenvalue weighted by atomic mass is 10.2. The van der Waals surface area contributed by atoms with E-state index in [2.05, 4.69) is 21.2 Å². The molecule has 1 amide bonds. The van der Waals surface area contributed by atoms with Gasteiger partial charge in [0.2, 0.25) is 0 Å². The van der Waals surface area contributed by atoms with Crippen LogP contribution in [0.2, 0.25) is 0 Å². The fourth-order valence-corrected chi connectivity index (χ4v) is 2.39. The lowest BCUT2D eigenvalue weighted by molar-refractivity contribution is -0.123. The minimum atomic E-state index is -1.05. The van der Waals surface area contributed by atoms with Gasteiger partial charge < -0.3 is 14.8 Å². The fraction of sp³-hybridized carbons (Fsp3) is 0.222. The predicted octanol–water partition coefficient (Wildman–Crippen LogP) is 4.17. The van der Waals surface area contributed by atoms with Crippen molar-refractivity contribution in [1.82, 2.24) is 0 Å². The summed E-state index contributed by atoms with van der Waals surface area (Å²) < 4.78 is 24.1. The summed E-state index contributed by atoms with van der Waals surface area (Å²) >= 11 is 3.15. The molecule has 5 nitrogen and oxygen atoms in total. The van der Waals surface area contributed by atoms with E-state index >= 15 is 0 Å². The number of ether oxygens (including phenoxy) is 2. The van der Waals surface area contributed by atoms with Gasteiger partial charge in [-0.2, -0.15) is 0 Å². The van der Waals surface area contributed by atoms with E-state index < -0.39 is 23.8 Å². The Labute approximate surface area is 153 Å². The van der Waals surface area contributed by atoms with Crippen molar-refractivity contribution in [2.75, 3.05) is 11.9 Å². The molecule has 0 saturated heterocycles. The van der Waals surface area contributed by atoms with Crippen LogP contribution in [-0.4, -0.2) is 24.6 Å². The Balaban J connectivity index is 1.97. The second-order valence-corrected chi connectivity index (χ2v) is 5.97. The fourth-order valence-electron chi connectivity index (χ4n) is 1.98. The van der Waals surface area contributed by atoms with Crippen molar-refractivity contribution < 1.29 is 23.5 Å². The number of anilines is 1. The summed E-state index contributed by atoms with van der Waals surface area (Å²) in [6.45, 7) is 3.87. The molecule has 2 aromatic rings. The van der Waals surface area contributed by atoms with Crippen LogP contribution >= 0.6 is 15.9 Å². The minimum absolute atomic E-state index is 0.0146. The van der Waals surface area contributed by atoms with Gasteiger partial charge >= 0.3 is 5.97 Å². The average Bonchev–Trinajstić information content (AvgIpc) is 2.58. The zero-order valence-electron chi connectivity index (χ0n) is 13.7. The second kappa shape index (κ2) is 8.62. The zero-order chi connectivity index (χ0) is 18.4. The molecule has 0 aromatic heterocycles. The molecule has 1 atom stereocenters. The molecular formula is C18H17BrFNO4. The normalized spacial score (nSPS) is 11.5. The van der Waals surface area contributed by atoms with E-state index in [1.54, 1.807) is 24.3 Å². The summed E-state index contributed by atoms with van der Waals surface area (Å²) in [5, 5.41) is 2.64. The van der Waals surface area contributed by atoms with Crippen LogP contribution in [0.25, 0.3) is 0 Å².